The van der Waals surface area contributed by atoms with Crippen molar-refractivity contribution in [1.82, 2.24) is 5.01 Å². The van der Waals surface area contributed by atoms with Gasteiger partial charge in [-0.25, -0.2) is 0 Å². The Labute approximate surface area is 113 Å². The van der Waals surface area contributed by atoms with Crippen molar-refractivity contribution in [1.29, 1.82) is 5.26 Å². The molecule has 3 nitrogen and oxygen atoms in total. The zero-order chi connectivity index (χ0) is 13.3. The highest BCUT2D eigenvalue weighted by Gasteiger charge is 2.37. The largest absolute Gasteiger partial charge is 0.269 e. The van der Waals surface area contributed by atoms with Gasteiger partial charge in [0.05, 0.1) is 11.6 Å². The minimum absolute atomic E-state index is 0.121. The number of hydrazone groups is 1. The molecular weight excluding hydrogens is 246 g/mol. The van der Waals surface area contributed by atoms with Crippen molar-refractivity contribution >= 4 is 17.3 Å². The molecule has 0 saturated heterocycles. The molecule has 0 N–H and O–H groups in total. The highest BCUT2D eigenvalue weighted by atomic mass is 35.5. The molecule has 94 valence electrons. The van der Waals surface area contributed by atoms with Gasteiger partial charge in [0.2, 0.25) is 0 Å². The number of benzene rings is 1. The van der Waals surface area contributed by atoms with Gasteiger partial charge in [-0.1, -0.05) is 23.7 Å². The van der Waals surface area contributed by atoms with E-state index in [0.29, 0.717) is 5.02 Å². The second-order valence-corrected chi connectivity index (χ2v) is 5.69. The third-order valence-electron chi connectivity index (χ3n) is 3.14. The Balaban J connectivity index is 2.35. The van der Waals surface area contributed by atoms with Crippen LogP contribution in [0.3, 0.4) is 0 Å². The van der Waals surface area contributed by atoms with Crippen LogP contribution in [0.1, 0.15) is 38.8 Å². The Hall–Kier alpha value is -1.53. The first-order valence-corrected chi connectivity index (χ1v) is 6.30. The van der Waals surface area contributed by atoms with Crippen LogP contribution in [0.2, 0.25) is 5.02 Å². The van der Waals surface area contributed by atoms with E-state index in [1.165, 1.54) is 0 Å². The van der Waals surface area contributed by atoms with Crippen molar-refractivity contribution in [3.05, 3.63) is 34.9 Å². The Morgan fingerprint density at radius 2 is 2.00 bits per heavy atom. The lowest BCUT2D eigenvalue weighted by Gasteiger charge is -2.34. The normalized spacial score (nSPS) is 19.3. The van der Waals surface area contributed by atoms with Gasteiger partial charge in [-0.2, -0.15) is 10.4 Å². The summed E-state index contributed by atoms with van der Waals surface area (Å²) in [5.74, 6) is 0. The van der Waals surface area contributed by atoms with Crippen LogP contribution in [0.15, 0.2) is 29.4 Å². The molecule has 0 fully saturated rings. The average molecular weight is 262 g/mol. The summed E-state index contributed by atoms with van der Waals surface area (Å²) in [7, 11) is 0. The number of hydrogen-bond donors (Lipinski definition) is 0. The summed E-state index contributed by atoms with van der Waals surface area (Å²) in [6.07, 6.45) is 0.888. The molecular formula is C14H16ClN3. The molecule has 0 aromatic heterocycles. The molecule has 1 aromatic carbocycles. The first-order valence-electron chi connectivity index (χ1n) is 5.92. The molecule has 0 saturated carbocycles. The van der Waals surface area contributed by atoms with Crippen LogP contribution in [0, 0.1) is 11.3 Å². The second kappa shape index (κ2) is 4.62. The summed E-state index contributed by atoms with van der Waals surface area (Å²) in [5.41, 5.74) is 1.87. The van der Waals surface area contributed by atoms with Crippen molar-refractivity contribution in [3.8, 4) is 6.07 Å². The summed E-state index contributed by atoms with van der Waals surface area (Å²) in [6.45, 7) is 6.21. The summed E-state index contributed by atoms with van der Waals surface area (Å²) in [6, 6.07) is 9.35. The molecule has 1 aliphatic rings. The van der Waals surface area contributed by atoms with Crippen LogP contribution in [-0.2, 0) is 0 Å². The van der Waals surface area contributed by atoms with E-state index >= 15 is 0 Å². The topological polar surface area (TPSA) is 39.4 Å². The van der Waals surface area contributed by atoms with Gasteiger partial charge in [0.1, 0.15) is 0 Å². The van der Waals surface area contributed by atoms with Gasteiger partial charge >= 0.3 is 0 Å². The molecule has 0 bridgehead atoms. The average Bonchev–Trinajstić information content (AvgIpc) is 2.56. The van der Waals surface area contributed by atoms with Crippen LogP contribution >= 0.6 is 11.6 Å². The Kier molecular flexibility index (Phi) is 3.32. The predicted molar refractivity (Wildman–Crippen MR) is 73.5 cm³/mol. The van der Waals surface area contributed by atoms with Crippen molar-refractivity contribution in [3.63, 3.8) is 0 Å². The molecule has 1 aliphatic heterocycles. The minimum Gasteiger partial charge on any atom is -0.269 e. The maximum atomic E-state index is 9.43. The van der Waals surface area contributed by atoms with E-state index in [0.717, 1.165) is 17.7 Å². The minimum atomic E-state index is -0.366. The fraction of sp³-hybridized carbons (Fsp3) is 0.429. The number of nitrogens with zero attached hydrogens (tertiary/aromatic N) is 3. The number of hydrogen-bond acceptors (Lipinski definition) is 3. The van der Waals surface area contributed by atoms with Gasteiger partial charge in [-0.05, 0) is 38.5 Å². The lowest BCUT2D eigenvalue weighted by molar-refractivity contribution is 0.123. The van der Waals surface area contributed by atoms with E-state index in [1.54, 1.807) is 12.1 Å². The SMILES string of the molecule is CC1=NN(C(C#N)c2ccc(Cl)cc2)C(C)(C)C1. The Morgan fingerprint density at radius 1 is 1.39 bits per heavy atom. The van der Waals surface area contributed by atoms with Crippen LogP contribution in [0.5, 0.6) is 0 Å². The van der Waals surface area contributed by atoms with Crippen molar-refractivity contribution < 1.29 is 0 Å². The third-order valence-corrected chi connectivity index (χ3v) is 3.39. The fourth-order valence-corrected chi connectivity index (χ4v) is 2.51. The van der Waals surface area contributed by atoms with E-state index < -0.39 is 0 Å². The van der Waals surface area contributed by atoms with Crippen molar-refractivity contribution in [2.24, 2.45) is 5.10 Å². The molecule has 0 aliphatic carbocycles. The van der Waals surface area contributed by atoms with E-state index in [9.17, 15) is 5.26 Å². The second-order valence-electron chi connectivity index (χ2n) is 5.25. The van der Waals surface area contributed by atoms with Crippen LogP contribution < -0.4 is 0 Å². The first kappa shape index (κ1) is 12.9. The lowest BCUT2D eigenvalue weighted by Crippen LogP contribution is -2.38. The van der Waals surface area contributed by atoms with Gasteiger partial charge in [-0.3, -0.25) is 5.01 Å². The van der Waals surface area contributed by atoms with E-state index in [1.807, 2.05) is 24.1 Å². The number of nitriles is 1. The standard InChI is InChI=1S/C14H16ClN3/c1-10-8-14(2,3)18(17-10)13(9-16)11-4-6-12(15)7-5-11/h4-7,13H,8H2,1-3H3. The number of rotatable bonds is 2. The quantitative estimate of drug-likeness (QED) is 0.813. The van der Waals surface area contributed by atoms with Gasteiger partial charge in [0, 0.05) is 17.2 Å². The lowest BCUT2D eigenvalue weighted by atomic mass is 9.96. The molecule has 0 amide bonds. The first-order chi connectivity index (χ1) is 8.44. The van der Waals surface area contributed by atoms with Crippen molar-refractivity contribution in [2.75, 3.05) is 0 Å². The van der Waals surface area contributed by atoms with E-state index in [-0.39, 0.29) is 11.6 Å². The molecule has 1 aromatic rings. The van der Waals surface area contributed by atoms with Crippen LogP contribution in [0.25, 0.3) is 0 Å². The summed E-state index contributed by atoms with van der Waals surface area (Å²) >= 11 is 5.87. The van der Waals surface area contributed by atoms with Gasteiger partial charge < -0.3 is 0 Å². The van der Waals surface area contributed by atoms with Crippen molar-refractivity contribution in [2.45, 2.75) is 38.8 Å². The van der Waals surface area contributed by atoms with Gasteiger partial charge in [0.25, 0.3) is 0 Å². The molecule has 1 atom stereocenters. The van der Waals surface area contributed by atoms with Gasteiger partial charge in [-0.15, -0.1) is 0 Å². The van der Waals surface area contributed by atoms with Crippen LogP contribution in [0.4, 0.5) is 0 Å². The Bertz CT molecular complexity index is 511. The molecule has 2 rings (SSSR count). The van der Waals surface area contributed by atoms with E-state index in [2.05, 4.69) is 25.0 Å². The molecule has 18 heavy (non-hydrogen) atoms. The maximum absolute atomic E-state index is 9.43. The van der Waals surface area contributed by atoms with Gasteiger partial charge in [0.15, 0.2) is 6.04 Å². The highest BCUT2D eigenvalue weighted by Crippen LogP contribution is 2.35. The van der Waals surface area contributed by atoms with Crippen LogP contribution in [-0.4, -0.2) is 16.3 Å². The molecule has 1 heterocycles. The predicted octanol–water partition coefficient (Wildman–Crippen LogP) is 3.76. The zero-order valence-electron chi connectivity index (χ0n) is 10.8. The maximum Gasteiger partial charge on any atom is 0.159 e. The molecule has 4 heteroatoms. The summed E-state index contributed by atoms with van der Waals surface area (Å²) in [5, 5.41) is 16.5. The summed E-state index contributed by atoms with van der Waals surface area (Å²) < 4.78 is 0. The fourth-order valence-electron chi connectivity index (χ4n) is 2.38. The third kappa shape index (κ3) is 2.34. The Morgan fingerprint density at radius 3 is 2.44 bits per heavy atom. The smallest absolute Gasteiger partial charge is 0.159 e. The highest BCUT2D eigenvalue weighted by molar-refractivity contribution is 6.30. The molecule has 1 unspecified atom stereocenters. The molecule has 0 radical (unpaired) electrons. The van der Waals surface area contributed by atoms with E-state index in [4.69, 9.17) is 11.6 Å². The zero-order valence-corrected chi connectivity index (χ0v) is 11.6. The summed E-state index contributed by atoms with van der Waals surface area (Å²) in [4.78, 5) is 0. The monoisotopic (exact) mass is 261 g/mol. The number of halogens is 1. The molecule has 0 spiro atoms.